The summed E-state index contributed by atoms with van der Waals surface area (Å²) in [4.78, 5) is 20.1. The molecule has 0 aliphatic rings. The van der Waals surface area contributed by atoms with E-state index >= 15 is 0 Å². The van der Waals surface area contributed by atoms with E-state index in [9.17, 15) is 4.79 Å². The van der Waals surface area contributed by atoms with Crippen LogP contribution in [0.5, 0.6) is 0 Å². The highest BCUT2D eigenvalue weighted by Gasteiger charge is 2.04. The lowest BCUT2D eigenvalue weighted by molar-refractivity contribution is 0.111. The molecule has 86 valence electrons. The van der Waals surface area contributed by atoms with Gasteiger partial charge in [0.2, 0.25) is 0 Å². The standard InChI is InChI=1S/C13H12N2OS/c1-9-7-12(15-13(8-16)14-9)10-3-5-11(17-2)6-4-10/h3-8H,1-2H3. The summed E-state index contributed by atoms with van der Waals surface area (Å²) >= 11 is 1.69. The van der Waals surface area contributed by atoms with Crippen molar-refractivity contribution in [2.75, 3.05) is 6.26 Å². The zero-order valence-corrected chi connectivity index (χ0v) is 10.5. The number of benzene rings is 1. The molecular formula is C13H12N2OS. The summed E-state index contributed by atoms with van der Waals surface area (Å²) in [6.07, 6.45) is 2.71. The van der Waals surface area contributed by atoms with Crippen molar-refractivity contribution in [3.8, 4) is 11.3 Å². The lowest BCUT2D eigenvalue weighted by atomic mass is 10.1. The number of aryl methyl sites for hydroxylation is 1. The Morgan fingerprint density at radius 1 is 1.18 bits per heavy atom. The van der Waals surface area contributed by atoms with E-state index in [1.807, 2.05) is 43.5 Å². The number of hydrogen-bond donors (Lipinski definition) is 0. The summed E-state index contributed by atoms with van der Waals surface area (Å²) in [5.41, 5.74) is 2.58. The van der Waals surface area contributed by atoms with Crippen LogP contribution in [0.25, 0.3) is 11.3 Å². The van der Waals surface area contributed by atoms with Crippen LogP contribution in [-0.2, 0) is 0 Å². The summed E-state index contributed by atoms with van der Waals surface area (Å²) in [6, 6.07) is 9.96. The second-order valence-corrected chi connectivity index (χ2v) is 4.48. The third-order valence-corrected chi connectivity index (χ3v) is 3.11. The molecule has 0 saturated heterocycles. The van der Waals surface area contributed by atoms with Crippen LogP contribution < -0.4 is 0 Å². The van der Waals surface area contributed by atoms with E-state index in [1.54, 1.807) is 11.8 Å². The highest BCUT2D eigenvalue weighted by Crippen LogP contribution is 2.21. The predicted octanol–water partition coefficient (Wildman–Crippen LogP) is 2.99. The predicted molar refractivity (Wildman–Crippen MR) is 69.4 cm³/mol. The maximum atomic E-state index is 10.7. The van der Waals surface area contributed by atoms with E-state index in [4.69, 9.17) is 0 Å². The largest absolute Gasteiger partial charge is 0.294 e. The lowest BCUT2D eigenvalue weighted by Crippen LogP contribution is -1.97. The Labute approximate surface area is 104 Å². The number of carbonyl (C=O) groups excluding carboxylic acids is 1. The van der Waals surface area contributed by atoms with E-state index in [1.165, 1.54) is 4.90 Å². The molecule has 0 radical (unpaired) electrons. The van der Waals surface area contributed by atoms with Crippen molar-refractivity contribution < 1.29 is 4.79 Å². The van der Waals surface area contributed by atoms with Gasteiger partial charge in [-0.15, -0.1) is 11.8 Å². The summed E-state index contributed by atoms with van der Waals surface area (Å²) in [7, 11) is 0. The van der Waals surface area contributed by atoms with E-state index in [-0.39, 0.29) is 5.82 Å². The van der Waals surface area contributed by atoms with Gasteiger partial charge in [0.25, 0.3) is 0 Å². The first-order valence-corrected chi connectivity index (χ1v) is 6.40. The van der Waals surface area contributed by atoms with E-state index in [0.717, 1.165) is 17.0 Å². The molecule has 2 aromatic rings. The number of carbonyl (C=O) groups is 1. The minimum Gasteiger partial charge on any atom is -0.294 e. The first kappa shape index (κ1) is 11.8. The van der Waals surface area contributed by atoms with Gasteiger partial charge >= 0.3 is 0 Å². The number of nitrogens with zero attached hydrogens (tertiary/aromatic N) is 2. The molecule has 0 unspecified atom stereocenters. The van der Waals surface area contributed by atoms with Crippen LogP contribution in [-0.4, -0.2) is 22.5 Å². The fourth-order valence-electron chi connectivity index (χ4n) is 1.55. The van der Waals surface area contributed by atoms with Crippen LogP contribution in [0, 0.1) is 6.92 Å². The monoisotopic (exact) mass is 244 g/mol. The molecule has 3 nitrogen and oxygen atoms in total. The molecular weight excluding hydrogens is 232 g/mol. The first-order chi connectivity index (χ1) is 8.22. The molecule has 0 spiro atoms. The maximum absolute atomic E-state index is 10.7. The molecule has 2 rings (SSSR count). The van der Waals surface area contributed by atoms with Gasteiger partial charge in [-0.25, -0.2) is 9.97 Å². The topological polar surface area (TPSA) is 42.9 Å². The molecule has 17 heavy (non-hydrogen) atoms. The fraction of sp³-hybridized carbons (Fsp3) is 0.154. The molecule has 1 heterocycles. The molecule has 0 fully saturated rings. The van der Waals surface area contributed by atoms with Crippen molar-refractivity contribution in [3.63, 3.8) is 0 Å². The molecule has 0 atom stereocenters. The van der Waals surface area contributed by atoms with Crippen LogP contribution >= 0.6 is 11.8 Å². The highest BCUT2D eigenvalue weighted by atomic mass is 32.2. The number of hydrogen-bond acceptors (Lipinski definition) is 4. The average Bonchev–Trinajstić information content (AvgIpc) is 2.38. The quantitative estimate of drug-likeness (QED) is 0.615. The van der Waals surface area contributed by atoms with Gasteiger partial charge in [-0.1, -0.05) is 12.1 Å². The molecule has 0 amide bonds. The van der Waals surface area contributed by atoms with Crippen molar-refractivity contribution in [1.29, 1.82) is 0 Å². The van der Waals surface area contributed by atoms with Gasteiger partial charge in [-0.05, 0) is 31.4 Å². The van der Waals surface area contributed by atoms with Gasteiger partial charge in [0.15, 0.2) is 12.1 Å². The summed E-state index contributed by atoms with van der Waals surface area (Å²) in [6.45, 7) is 1.86. The van der Waals surface area contributed by atoms with E-state index in [0.29, 0.717) is 6.29 Å². The average molecular weight is 244 g/mol. The molecule has 0 aliphatic heterocycles. The maximum Gasteiger partial charge on any atom is 0.193 e. The first-order valence-electron chi connectivity index (χ1n) is 5.18. The Morgan fingerprint density at radius 2 is 1.88 bits per heavy atom. The SMILES string of the molecule is CSc1ccc(-c2cc(C)nc(C=O)n2)cc1. The Kier molecular flexibility index (Phi) is 3.54. The van der Waals surface area contributed by atoms with Crippen molar-refractivity contribution in [3.05, 3.63) is 41.9 Å². The smallest absolute Gasteiger partial charge is 0.193 e. The molecule has 0 aliphatic carbocycles. The number of thioether (sulfide) groups is 1. The summed E-state index contributed by atoms with van der Waals surface area (Å²) in [5.74, 6) is 0.231. The minimum atomic E-state index is 0.231. The van der Waals surface area contributed by atoms with Gasteiger partial charge in [-0.2, -0.15) is 0 Å². The molecule has 1 aromatic carbocycles. The zero-order valence-electron chi connectivity index (χ0n) is 9.68. The Morgan fingerprint density at radius 3 is 2.47 bits per heavy atom. The Hall–Kier alpha value is -1.68. The van der Waals surface area contributed by atoms with Crippen LogP contribution in [0.1, 0.15) is 16.3 Å². The Balaban J connectivity index is 2.44. The Bertz CT molecular complexity index is 538. The van der Waals surface area contributed by atoms with Crippen LogP contribution in [0.4, 0.5) is 0 Å². The van der Waals surface area contributed by atoms with Gasteiger partial charge < -0.3 is 0 Å². The molecule has 0 N–H and O–H groups in total. The van der Waals surface area contributed by atoms with E-state index in [2.05, 4.69) is 9.97 Å². The van der Waals surface area contributed by atoms with Crippen LogP contribution in [0.2, 0.25) is 0 Å². The second-order valence-electron chi connectivity index (χ2n) is 3.60. The van der Waals surface area contributed by atoms with Crippen molar-refractivity contribution in [2.24, 2.45) is 0 Å². The zero-order chi connectivity index (χ0) is 12.3. The van der Waals surface area contributed by atoms with Gasteiger partial charge in [-0.3, -0.25) is 4.79 Å². The molecule has 0 saturated carbocycles. The van der Waals surface area contributed by atoms with Gasteiger partial charge in [0, 0.05) is 16.2 Å². The van der Waals surface area contributed by atoms with Gasteiger partial charge in [0.1, 0.15) is 0 Å². The normalized spacial score (nSPS) is 10.2. The molecule has 1 aromatic heterocycles. The summed E-state index contributed by atoms with van der Waals surface area (Å²) in [5, 5.41) is 0. The van der Waals surface area contributed by atoms with Crippen molar-refractivity contribution in [1.82, 2.24) is 9.97 Å². The van der Waals surface area contributed by atoms with Crippen LogP contribution in [0.15, 0.2) is 35.2 Å². The van der Waals surface area contributed by atoms with Gasteiger partial charge in [0.05, 0.1) is 5.69 Å². The number of aromatic nitrogens is 2. The number of rotatable bonds is 3. The van der Waals surface area contributed by atoms with Crippen molar-refractivity contribution in [2.45, 2.75) is 11.8 Å². The summed E-state index contributed by atoms with van der Waals surface area (Å²) < 4.78 is 0. The third kappa shape index (κ3) is 2.71. The molecule has 0 bridgehead atoms. The van der Waals surface area contributed by atoms with E-state index < -0.39 is 0 Å². The highest BCUT2D eigenvalue weighted by molar-refractivity contribution is 7.98. The molecule has 4 heteroatoms. The third-order valence-electron chi connectivity index (χ3n) is 2.36. The number of aldehydes is 1. The minimum absolute atomic E-state index is 0.231. The van der Waals surface area contributed by atoms with Crippen LogP contribution in [0.3, 0.4) is 0 Å². The van der Waals surface area contributed by atoms with Crippen molar-refractivity contribution >= 4 is 18.0 Å². The second kappa shape index (κ2) is 5.10. The lowest BCUT2D eigenvalue weighted by Gasteiger charge is -2.04. The fourth-order valence-corrected chi connectivity index (χ4v) is 1.96.